The first-order chi connectivity index (χ1) is 13.0. The number of carbonyl (C=O) groups excluding carboxylic acids is 2. The SMILES string of the molecule is Cc1cc(C)c(S(=O)(=O)N2CCC(C(=O)NCC(=O)OC(C)C)CC2)c(C)c1. The van der Waals surface area contributed by atoms with E-state index in [2.05, 4.69) is 5.32 Å². The first-order valence-corrected chi connectivity index (χ1v) is 11.0. The van der Waals surface area contributed by atoms with Crippen LogP contribution < -0.4 is 5.32 Å². The molecule has 0 saturated carbocycles. The number of hydrogen-bond acceptors (Lipinski definition) is 5. The van der Waals surface area contributed by atoms with Gasteiger partial charge in [-0.25, -0.2) is 8.42 Å². The molecule has 0 atom stereocenters. The van der Waals surface area contributed by atoms with Crippen LogP contribution in [0.2, 0.25) is 0 Å². The molecule has 156 valence electrons. The second-order valence-electron chi connectivity index (χ2n) is 7.66. The number of carbonyl (C=O) groups is 2. The topological polar surface area (TPSA) is 92.8 Å². The quantitative estimate of drug-likeness (QED) is 0.725. The minimum absolute atomic E-state index is 0.169. The molecule has 1 fully saturated rings. The number of esters is 1. The van der Waals surface area contributed by atoms with Crippen LogP contribution >= 0.6 is 0 Å². The van der Waals surface area contributed by atoms with E-state index in [1.165, 1.54) is 4.31 Å². The zero-order valence-electron chi connectivity index (χ0n) is 17.2. The molecule has 1 aliphatic rings. The van der Waals surface area contributed by atoms with Crippen molar-refractivity contribution in [2.45, 2.75) is 58.5 Å². The second kappa shape index (κ2) is 9.05. The summed E-state index contributed by atoms with van der Waals surface area (Å²) in [4.78, 5) is 24.2. The molecule has 1 saturated heterocycles. The number of hydrogen-bond donors (Lipinski definition) is 1. The van der Waals surface area contributed by atoms with E-state index >= 15 is 0 Å². The number of aryl methyl sites for hydroxylation is 3. The molecule has 28 heavy (non-hydrogen) atoms. The van der Waals surface area contributed by atoms with Crippen molar-refractivity contribution in [3.05, 3.63) is 28.8 Å². The van der Waals surface area contributed by atoms with Gasteiger partial charge in [-0.1, -0.05) is 17.7 Å². The lowest BCUT2D eigenvalue weighted by Gasteiger charge is -2.31. The van der Waals surface area contributed by atoms with Crippen molar-refractivity contribution in [3.8, 4) is 0 Å². The summed E-state index contributed by atoms with van der Waals surface area (Å²) in [5.41, 5.74) is 2.50. The van der Waals surface area contributed by atoms with Gasteiger partial charge >= 0.3 is 5.97 Å². The molecule has 0 unspecified atom stereocenters. The van der Waals surface area contributed by atoms with Crippen LogP contribution in [-0.2, 0) is 24.3 Å². The Labute approximate surface area is 167 Å². The van der Waals surface area contributed by atoms with E-state index in [0.717, 1.165) is 16.7 Å². The fourth-order valence-electron chi connectivity index (χ4n) is 3.67. The molecule has 0 radical (unpaired) electrons. The van der Waals surface area contributed by atoms with Crippen molar-refractivity contribution in [3.63, 3.8) is 0 Å². The van der Waals surface area contributed by atoms with Crippen LogP contribution in [0.15, 0.2) is 17.0 Å². The van der Waals surface area contributed by atoms with E-state index in [1.54, 1.807) is 13.8 Å². The Hall–Kier alpha value is -1.93. The highest BCUT2D eigenvalue weighted by molar-refractivity contribution is 7.89. The molecular formula is C20H30N2O5S. The second-order valence-corrected chi connectivity index (χ2v) is 9.54. The van der Waals surface area contributed by atoms with E-state index in [1.807, 2.05) is 32.9 Å². The molecule has 0 bridgehead atoms. The van der Waals surface area contributed by atoms with Crippen LogP contribution in [-0.4, -0.2) is 50.3 Å². The molecule has 0 aliphatic carbocycles. The zero-order valence-corrected chi connectivity index (χ0v) is 18.1. The third-order valence-electron chi connectivity index (χ3n) is 4.80. The normalized spacial score (nSPS) is 16.2. The summed E-state index contributed by atoms with van der Waals surface area (Å²) in [7, 11) is -3.60. The lowest BCUT2D eigenvalue weighted by atomic mass is 9.97. The molecule has 1 amide bonds. The van der Waals surface area contributed by atoms with Gasteiger partial charge in [-0.05, 0) is 58.6 Å². The van der Waals surface area contributed by atoms with Gasteiger partial charge in [-0.15, -0.1) is 0 Å². The van der Waals surface area contributed by atoms with E-state index in [9.17, 15) is 18.0 Å². The van der Waals surface area contributed by atoms with Gasteiger partial charge in [-0.3, -0.25) is 9.59 Å². The molecule has 7 nitrogen and oxygen atoms in total. The van der Waals surface area contributed by atoms with Crippen LogP contribution in [0.25, 0.3) is 0 Å². The van der Waals surface area contributed by atoms with Crippen LogP contribution in [0.3, 0.4) is 0 Å². The summed E-state index contributed by atoms with van der Waals surface area (Å²) in [6.45, 7) is 9.44. The fourth-order valence-corrected chi connectivity index (χ4v) is 5.55. The van der Waals surface area contributed by atoms with Crippen molar-refractivity contribution in [1.82, 2.24) is 9.62 Å². The lowest BCUT2D eigenvalue weighted by molar-refractivity contribution is -0.147. The van der Waals surface area contributed by atoms with Gasteiger partial charge in [0.05, 0.1) is 11.0 Å². The van der Waals surface area contributed by atoms with Gasteiger partial charge in [0.1, 0.15) is 6.54 Å². The monoisotopic (exact) mass is 410 g/mol. The Bertz CT molecular complexity index is 817. The Morgan fingerprint density at radius 1 is 1.14 bits per heavy atom. The summed E-state index contributed by atoms with van der Waals surface area (Å²) in [5.74, 6) is -1.02. The first kappa shape index (κ1) is 22.4. The summed E-state index contributed by atoms with van der Waals surface area (Å²) < 4.78 is 32.6. The smallest absolute Gasteiger partial charge is 0.325 e. The van der Waals surface area contributed by atoms with Crippen molar-refractivity contribution in [2.75, 3.05) is 19.6 Å². The van der Waals surface area contributed by atoms with E-state index in [-0.39, 0.29) is 37.6 Å². The molecule has 0 spiro atoms. The highest BCUT2D eigenvalue weighted by atomic mass is 32.2. The van der Waals surface area contributed by atoms with Gasteiger partial charge in [0, 0.05) is 19.0 Å². The lowest BCUT2D eigenvalue weighted by Crippen LogP contribution is -2.44. The molecule has 8 heteroatoms. The number of nitrogens with one attached hydrogen (secondary N) is 1. The van der Waals surface area contributed by atoms with Crippen LogP contribution in [0.4, 0.5) is 0 Å². The highest BCUT2D eigenvalue weighted by Crippen LogP contribution is 2.28. The Kier molecular flexibility index (Phi) is 7.22. The van der Waals surface area contributed by atoms with E-state index in [0.29, 0.717) is 17.7 Å². The van der Waals surface area contributed by atoms with Crippen molar-refractivity contribution >= 4 is 21.9 Å². The number of ether oxygens (including phenoxy) is 1. The Morgan fingerprint density at radius 2 is 1.68 bits per heavy atom. The summed E-state index contributed by atoms with van der Waals surface area (Å²) in [6.07, 6.45) is 0.620. The maximum absolute atomic E-state index is 13.1. The largest absolute Gasteiger partial charge is 0.462 e. The van der Waals surface area contributed by atoms with Gasteiger partial charge in [-0.2, -0.15) is 4.31 Å². The van der Waals surface area contributed by atoms with Gasteiger partial charge in [0.15, 0.2) is 0 Å². The first-order valence-electron chi connectivity index (χ1n) is 9.57. The maximum Gasteiger partial charge on any atom is 0.325 e. The van der Waals surface area contributed by atoms with Crippen molar-refractivity contribution in [2.24, 2.45) is 5.92 Å². The summed E-state index contributed by atoms with van der Waals surface area (Å²) >= 11 is 0. The van der Waals surface area contributed by atoms with Gasteiger partial charge in [0.2, 0.25) is 15.9 Å². The van der Waals surface area contributed by atoms with Crippen molar-refractivity contribution in [1.29, 1.82) is 0 Å². The van der Waals surface area contributed by atoms with Crippen LogP contribution in [0.1, 0.15) is 43.4 Å². The highest BCUT2D eigenvalue weighted by Gasteiger charge is 2.33. The molecule has 1 heterocycles. The van der Waals surface area contributed by atoms with Crippen LogP contribution in [0, 0.1) is 26.7 Å². The summed E-state index contributed by atoms with van der Waals surface area (Å²) in [6, 6.07) is 3.74. The predicted octanol–water partition coefficient (Wildman–Crippen LogP) is 2.08. The molecule has 1 aromatic carbocycles. The van der Waals surface area contributed by atoms with E-state index in [4.69, 9.17) is 4.74 Å². The van der Waals surface area contributed by atoms with Gasteiger partial charge in [0.25, 0.3) is 0 Å². The molecule has 1 aromatic rings. The fraction of sp³-hybridized carbons (Fsp3) is 0.600. The average molecular weight is 411 g/mol. The predicted molar refractivity (Wildman–Crippen MR) is 106 cm³/mol. The Balaban J connectivity index is 1.98. The molecule has 0 aromatic heterocycles. The minimum atomic E-state index is -3.60. The number of nitrogens with zero attached hydrogens (tertiary/aromatic N) is 1. The van der Waals surface area contributed by atoms with Crippen molar-refractivity contribution < 1.29 is 22.7 Å². The average Bonchev–Trinajstić information content (AvgIpc) is 2.58. The number of rotatable bonds is 6. The van der Waals surface area contributed by atoms with E-state index < -0.39 is 16.0 Å². The molecule has 1 aliphatic heterocycles. The van der Waals surface area contributed by atoms with Crippen LogP contribution in [0.5, 0.6) is 0 Å². The standard InChI is InChI=1S/C20H30N2O5S/c1-13(2)27-18(23)12-21-20(24)17-6-8-22(9-7-17)28(25,26)19-15(4)10-14(3)11-16(19)5/h10-11,13,17H,6-9,12H2,1-5H3,(H,21,24). The molecule has 1 N–H and O–H groups in total. The third kappa shape index (κ3) is 5.32. The van der Waals surface area contributed by atoms with Gasteiger partial charge < -0.3 is 10.1 Å². The maximum atomic E-state index is 13.1. The molecular weight excluding hydrogens is 380 g/mol. The number of amides is 1. The Morgan fingerprint density at radius 3 is 2.18 bits per heavy atom. The third-order valence-corrected chi connectivity index (χ3v) is 7.01. The summed E-state index contributed by atoms with van der Waals surface area (Å²) in [5, 5.41) is 2.59. The number of piperidine rings is 1. The number of sulfonamides is 1. The zero-order chi connectivity index (χ0) is 21.1. The minimum Gasteiger partial charge on any atom is -0.462 e. The molecule has 2 rings (SSSR count). The number of benzene rings is 1.